The summed E-state index contributed by atoms with van der Waals surface area (Å²) >= 11 is 0. The van der Waals surface area contributed by atoms with E-state index in [2.05, 4.69) is 16.6 Å². The SMILES string of the molecule is CNNc1ccc(OC)cc1.NC=O. The maximum atomic E-state index is 8.58. The summed E-state index contributed by atoms with van der Waals surface area (Å²) in [5, 5.41) is 0. The minimum Gasteiger partial charge on any atom is -0.497 e. The Hall–Kier alpha value is -1.75. The number of nitrogens with two attached hydrogens (primary N) is 1. The van der Waals surface area contributed by atoms with E-state index in [-0.39, 0.29) is 6.41 Å². The number of amides is 1. The molecule has 0 bridgehead atoms. The standard InChI is InChI=1S/C8H12N2O.CH3NO/c1-9-10-7-3-5-8(11-2)6-4-7;2-1-3/h3-6,9-10H,1-2H3;1H,(H2,2,3). The van der Waals surface area contributed by atoms with Crippen LogP contribution in [-0.4, -0.2) is 20.6 Å². The van der Waals surface area contributed by atoms with Gasteiger partial charge in [0.15, 0.2) is 0 Å². The lowest BCUT2D eigenvalue weighted by molar-refractivity contribution is -0.106. The number of hydrogen-bond donors (Lipinski definition) is 3. The van der Waals surface area contributed by atoms with E-state index in [1.54, 1.807) is 7.11 Å². The molecule has 0 aliphatic rings. The molecule has 0 atom stereocenters. The van der Waals surface area contributed by atoms with Crippen LogP contribution in [0.25, 0.3) is 0 Å². The van der Waals surface area contributed by atoms with Gasteiger partial charge < -0.3 is 15.9 Å². The van der Waals surface area contributed by atoms with Gasteiger partial charge in [0.25, 0.3) is 0 Å². The lowest BCUT2D eigenvalue weighted by Gasteiger charge is -2.04. The van der Waals surface area contributed by atoms with Crippen LogP contribution in [-0.2, 0) is 4.79 Å². The lowest BCUT2D eigenvalue weighted by Crippen LogP contribution is -2.14. The number of benzene rings is 1. The molecule has 0 spiro atoms. The maximum absolute atomic E-state index is 8.58. The summed E-state index contributed by atoms with van der Waals surface area (Å²) in [4.78, 5) is 8.58. The van der Waals surface area contributed by atoms with Crippen molar-refractivity contribution in [2.75, 3.05) is 19.6 Å². The zero-order valence-electron chi connectivity index (χ0n) is 8.28. The lowest BCUT2D eigenvalue weighted by atomic mass is 10.3. The minimum absolute atomic E-state index is 0.250. The van der Waals surface area contributed by atoms with Gasteiger partial charge >= 0.3 is 0 Å². The van der Waals surface area contributed by atoms with Gasteiger partial charge in [-0.1, -0.05) is 0 Å². The number of carbonyl (C=O) groups is 1. The number of primary amides is 1. The minimum atomic E-state index is 0.250. The first-order chi connectivity index (χ1) is 6.78. The quantitative estimate of drug-likeness (QED) is 0.482. The van der Waals surface area contributed by atoms with Crippen molar-refractivity contribution in [3.05, 3.63) is 24.3 Å². The van der Waals surface area contributed by atoms with Crippen molar-refractivity contribution in [1.82, 2.24) is 5.43 Å². The Bertz CT molecular complexity index is 249. The van der Waals surface area contributed by atoms with Crippen molar-refractivity contribution >= 4 is 12.1 Å². The van der Waals surface area contributed by atoms with Gasteiger partial charge in [0, 0.05) is 12.7 Å². The van der Waals surface area contributed by atoms with Gasteiger partial charge in [0.05, 0.1) is 7.11 Å². The van der Waals surface area contributed by atoms with Crippen molar-refractivity contribution in [2.24, 2.45) is 5.73 Å². The summed E-state index contributed by atoms with van der Waals surface area (Å²) in [6.45, 7) is 0. The smallest absolute Gasteiger partial charge is 0.204 e. The molecule has 0 saturated heterocycles. The molecule has 0 saturated carbocycles. The van der Waals surface area contributed by atoms with Crippen molar-refractivity contribution in [1.29, 1.82) is 0 Å². The number of anilines is 1. The molecule has 0 unspecified atom stereocenters. The van der Waals surface area contributed by atoms with Gasteiger partial charge in [0.1, 0.15) is 5.75 Å². The predicted molar refractivity (Wildman–Crippen MR) is 55.9 cm³/mol. The number of hydrogen-bond acceptors (Lipinski definition) is 4. The molecule has 78 valence electrons. The molecule has 0 aliphatic heterocycles. The van der Waals surface area contributed by atoms with Crippen LogP contribution >= 0.6 is 0 Å². The highest BCUT2D eigenvalue weighted by atomic mass is 16.5. The number of rotatable bonds is 3. The highest BCUT2D eigenvalue weighted by molar-refractivity contribution is 5.45. The summed E-state index contributed by atoms with van der Waals surface area (Å²) in [7, 11) is 3.48. The Labute approximate surface area is 83.2 Å². The zero-order chi connectivity index (χ0) is 10.8. The molecule has 5 heteroatoms. The van der Waals surface area contributed by atoms with E-state index in [4.69, 9.17) is 9.53 Å². The second kappa shape index (κ2) is 7.88. The summed E-state index contributed by atoms with van der Waals surface area (Å²) in [5.41, 5.74) is 11.0. The molecule has 0 aliphatic carbocycles. The summed E-state index contributed by atoms with van der Waals surface area (Å²) in [6.07, 6.45) is 0.250. The van der Waals surface area contributed by atoms with Crippen molar-refractivity contribution < 1.29 is 9.53 Å². The second-order valence-corrected chi connectivity index (χ2v) is 2.24. The molecule has 4 N–H and O–H groups in total. The van der Waals surface area contributed by atoms with Crippen LogP contribution < -0.4 is 21.3 Å². The third-order valence-corrected chi connectivity index (χ3v) is 1.36. The summed E-state index contributed by atoms with van der Waals surface area (Å²) in [5.74, 6) is 0.867. The first-order valence-electron chi connectivity index (χ1n) is 4.00. The molecule has 0 heterocycles. The molecule has 5 nitrogen and oxygen atoms in total. The second-order valence-electron chi connectivity index (χ2n) is 2.24. The molecule has 0 aromatic heterocycles. The van der Waals surface area contributed by atoms with E-state index < -0.39 is 0 Å². The third kappa shape index (κ3) is 5.00. The molecular formula is C9H15N3O2. The molecule has 1 amide bonds. The Kier molecular flexibility index (Phi) is 6.89. The van der Waals surface area contributed by atoms with Crippen molar-refractivity contribution in [3.8, 4) is 5.75 Å². The molecule has 1 aromatic carbocycles. The van der Waals surface area contributed by atoms with Crippen molar-refractivity contribution in [2.45, 2.75) is 0 Å². The Morgan fingerprint density at radius 3 is 2.21 bits per heavy atom. The third-order valence-electron chi connectivity index (χ3n) is 1.36. The van der Waals surface area contributed by atoms with E-state index in [1.807, 2.05) is 31.3 Å². The number of methoxy groups -OCH3 is 1. The van der Waals surface area contributed by atoms with Gasteiger partial charge in [0.2, 0.25) is 6.41 Å². The maximum Gasteiger partial charge on any atom is 0.204 e. The first kappa shape index (κ1) is 12.2. The van der Waals surface area contributed by atoms with Gasteiger partial charge in [-0.15, -0.1) is 0 Å². The van der Waals surface area contributed by atoms with Crippen LogP contribution in [0.5, 0.6) is 5.75 Å². The highest BCUT2D eigenvalue weighted by Gasteiger charge is 1.89. The fraction of sp³-hybridized carbons (Fsp3) is 0.222. The van der Waals surface area contributed by atoms with Crippen LogP contribution in [0.1, 0.15) is 0 Å². The number of hydrazine groups is 1. The van der Waals surface area contributed by atoms with Crippen molar-refractivity contribution in [3.63, 3.8) is 0 Å². The fourth-order valence-electron chi connectivity index (χ4n) is 0.819. The van der Waals surface area contributed by atoms with E-state index in [9.17, 15) is 0 Å². The first-order valence-corrected chi connectivity index (χ1v) is 4.00. The molecular weight excluding hydrogens is 182 g/mol. The van der Waals surface area contributed by atoms with Crippen LogP contribution in [0, 0.1) is 0 Å². The van der Waals surface area contributed by atoms with E-state index in [0.29, 0.717) is 0 Å². The van der Waals surface area contributed by atoms with Crippen LogP contribution in [0.2, 0.25) is 0 Å². The van der Waals surface area contributed by atoms with Gasteiger partial charge in [-0.05, 0) is 24.3 Å². The Morgan fingerprint density at radius 2 is 1.86 bits per heavy atom. The van der Waals surface area contributed by atoms with E-state index >= 15 is 0 Å². The summed E-state index contributed by atoms with van der Waals surface area (Å²) < 4.78 is 5.00. The van der Waals surface area contributed by atoms with Crippen LogP contribution in [0.3, 0.4) is 0 Å². The average Bonchev–Trinajstić information content (AvgIpc) is 2.21. The van der Waals surface area contributed by atoms with Gasteiger partial charge in [-0.3, -0.25) is 4.79 Å². The number of nitrogens with one attached hydrogen (secondary N) is 2. The Morgan fingerprint density at radius 1 is 1.36 bits per heavy atom. The fourth-order valence-corrected chi connectivity index (χ4v) is 0.819. The monoisotopic (exact) mass is 197 g/mol. The van der Waals surface area contributed by atoms with E-state index in [1.165, 1.54) is 0 Å². The van der Waals surface area contributed by atoms with Crippen LogP contribution in [0.4, 0.5) is 5.69 Å². The summed E-state index contributed by atoms with van der Waals surface area (Å²) in [6, 6.07) is 7.68. The molecule has 1 aromatic rings. The topological polar surface area (TPSA) is 76.4 Å². The predicted octanol–water partition coefficient (Wildman–Crippen LogP) is 0.343. The molecule has 14 heavy (non-hydrogen) atoms. The van der Waals surface area contributed by atoms with E-state index in [0.717, 1.165) is 11.4 Å². The van der Waals surface area contributed by atoms with Crippen LogP contribution in [0.15, 0.2) is 24.3 Å². The average molecular weight is 197 g/mol. The van der Waals surface area contributed by atoms with Gasteiger partial charge in [-0.2, -0.15) is 0 Å². The molecule has 1 rings (SSSR count). The zero-order valence-corrected chi connectivity index (χ0v) is 8.28. The normalized spacial score (nSPS) is 8.14. The largest absolute Gasteiger partial charge is 0.497 e. The Balaban J connectivity index is 0.000000500. The molecule has 0 fully saturated rings. The number of carbonyl (C=O) groups excluding carboxylic acids is 1. The molecule has 0 radical (unpaired) electrons. The van der Waals surface area contributed by atoms with Gasteiger partial charge in [-0.25, -0.2) is 5.43 Å². The number of ether oxygens (including phenoxy) is 1. The highest BCUT2D eigenvalue weighted by Crippen LogP contribution is 2.13.